The van der Waals surface area contributed by atoms with Gasteiger partial charge in [0.05, 0.1) is 35.3 Å². The molecule has 0 aliphatic carbocycles. The van der Waals surface area contributed by atoms with Crippen molar-refractivity contribution in [3.05, 3.63) is 59.2 Å². The molecule has 3 rings (SSSR count). The van der Waals surface area contributed by atoms with Crippen molar-refractivity contribution in [2.24, 2.45) is 4.99 Å². The van der Waals surface area contributed by atoms with Crippen molar-refractivity contribution >= 4 is 40.2 Å². The number of aliphatic imine (C=N–C) groups is 1. The SMILES string of the molecule is CC(=O)Nc1cccc2c1NC(=S)CN=C2c1ccc(C#N)cc1. The van der Waals surface area contributed by atoms with E-state index in [4.69, 9.17) is 17.5 Å². The number of benzodiazepines with no additional fused rings is 1. The number of carbonyl (C=O) groups is 1. The molecule has 2 N–H and O–H groups in total. The highest BCUT2D eigenvalue weighted by atomic mass is 32.1. The Kier molecular flexibility index (Phi) is 4.36. The van der Waals surface area contributed by atoms with Crippen LogP contribution in [0.2, 0.25) is 0 Å². The first-order valence-electron chi connectivity index (χ1n) is 7.34. The van der Waals surface area contributed by atoms with Crippen LogP contribution in [0.5, 0.6) is 0 Å². The summed E-state index contributed by atoms with van der Waals surface area (Å²) < 4.78 is 0. The summed E-state index contributed by atoms with van der Waals surface area (Å²) in [5, 5.41) is 14.9. The zero-order valence-corrected chi connectivity index (χ0v) is 13.8. The van der Waals surface area contributed by atoms with E-state index in [0.717, 1.165) is 22.5 Å². The van der Waals surface area contributed by atoms with E-state index in [2.05, 4.69) is 21.7 Å². The summed E-state index contributed by atoms with van der Waals surface area (Å²) in [6.07, 6.45) is 0. The summed E-state index contributed by atoms with van der Waals surface area (Å²) >= 11 is 5.31. The molecular weight excluding hydrogens is 320 g/mol. The summed E-state index contributed by atoms with van der Waals surface area (Å²) in [4.78, 5) is 16.6. The van der Waals surface area contributed by atoms with Crippen molar-refractivity contribution in [1.29, 1.82) is 5.26 Å². The zero-order chi connectivity index (χ0) is 17.1. The van der Waals surface area contributed by atoms with Gasteiger partial charge in [0.15, 0.2) is 0 Å². The van der Waals surface area contributed by atoms with Crippen molar-refractivity contribution in [3.63, 3.8) is 0 Å². The predicted octanol–water partition coefficient (Wildman–Crippen LogP) is 3.11. The molecule has 0 unspecified atom stereocenters. The molecule has 1 aliphatic rings. The van der Waals surface area contributed by atoms with Gasteiger partial charge in [0, 0.05) is 18.1 Å². The number of benzene rings is 2. The van der Waals surface area contributed by atoms with Gasteiger partial charge in [0.1, 0.15) is 4.99 Å². The number of nitriles is 1. The minimum absolute atomic E-state index is 0.155. The molecule has 2 aromatic rings. The number of rotatable bonds is 2. The van der Waals surface area contributed by atoms with Crippen LogP contribution in [0.25, 0.3) is 0 Å². The van der Waals surface area contributed by atoms with Gasteiger partial charge in [-0.1, -0.05) is 36.5 Å². The largest absolute Gasteiger partial charge is 0.346 e. The van der Waals surface area contributed by atoms with Crippen LogP contribution >= 0.6 is 12.2 Å². The van der Waals surface area contributed by atoms with Gasteiger partial charge in [0.2, 0.25) is 5.91 Å². The smallest absolute Gasteiger partial charge is 0.221 e. The van der Waals surface area contributed by atoms with E-state index in [9.17, 15) is 4.79 Å². The maximum atomic E-state index is 11.5. The Balaban J connectivity index is 2.13. The summed E-state index contributed by atoms with van der Waals surface area (Å²) in [7, 11) is 0. The van der Waals surface area contributed by atoms with Gasteiger partial charge < -0.3 is 10.6 Å². The van der Waals surface area contributed by atoms with E-state index in [1.54, 1.807) is 12.1 Å². The van der Waals surface area contributed by atoms with Gasteiger partial charge in [-0.25, -0.2) is 0 Å². The third kappa shape index (κ3) is 3.16. The van der Waals surface area contributed by atoms with Gasteiger partial charge in [0.25, 0.3) is 0 Å². The number of carbonyl (C=O) groups excluding carboxylic acids is 1. The Labute approximate surface area is 145 Å². The van der Waals surface area contributed by atoms with Crippen LogP contribution in [-0.2, 0) is 4.79 Å². The average Bonchev–Trinajstić information content (AvgIpc) is 2.74. The summed E-state index contributed by atoms with van der Waals surface area (Å²) in [6.45, 7) is 1.82. The number of thiocarbonyl (C=S) groups is 1. The fourth-order valence-corrected chi connectivity index (χ4v) is 2.71. The Bertz CT molecular complexity index is 894. The van der Waals surface area contributed by atoms with Crippen molar-refractivity contribution in [2.45, 2.75) is 6.92 Å². The molecular formula is C18H14N4OS. The van der Waals surface area contributed by atoms with Crippen molar-refractivity contribution in [2.75, 3.05) is 17.2 Å². The lowest BCUT2D eigenvalue weighted by molar-refractivity contribution is -0.114. The minimum atomic E-state index is -0.155. The third-order valence-electron chi connectivity index (χ3n) is 3.56. The first kappa shape index (κ1) is 15.8. The quantitative estimate of drug-likeness (QED) is 0.827. The van der Waals surface area contributed by atoms with Crippen LogP contribution in [0.4, 0.5) is 11.4 Å². The molecule has 2 aromatic carbocycles. The van der Waals surface area contributed by atoms with E-state index in [1.807, 2.05) is 30.3 Å². The number of hydrogen-bond acceptors (Lipinski definition) is 4. The molecule has 1 heterocycles. The zero-order valence-electron chi connectivity index (χ0n) is 13.0. The lowest BCUT2D eigenvalue weighted by Crippen LogP contribution is -2.15. The fraction of sp³-hybridized carbons (Fsp3) is 0.111. The monoisotopic (exact) mass is 334 g/mol. The van der Waals surface area contributed by atoms with Crippen LogP contribution in [0.15, 0.2) is 47.5 Å². The first-order chi connectivity index (χ1) is 11.6. The third-order valence-corrected chi connectivity index (χ3v) is 3.79. The molecule has 5 nitrogen and oxygen atoms in total. The van der Waals surface area contributed by atoms with E-state index < -0.39 is 0 Å². The number of fused-ring (bicyclic) bond motifs is 1. The second kappa shape index (κ2) is 6.60. The topological polar surface area (TPSA) is 77.3 Å². The second-order valence-corrected chi connectivity index (χ2v) is 5.80. The highest BCUT2D eigenvalue weighted by Crippen LogP contribution is 2.30. The molecule has 0 saturated carbocycles. The lowest BCUT2D eigenvalue weighted by atomic mass is 9.99. The fourth-order valence-electron chi connectivity index (χ4n) is 2.54. The minimum Gasteiger partial charge on any atom is -0.346 e. The molecule has 0 fully saturated rings. The molecule has 1 amide bonds. The van der Waals surface area contributed by atoms with Crippen LogP contribution in [-0.4, -0.2) is 23.2 Å². The maximum Gasteiger partial charge on any atom is 0.221 e. The molecule has 118 valence electrons. The normalized spacial score (nSPS) is 13.0. The van der Waals surface area contributed by atoms with E-state index in [1.165, 1.54) is 6.92 Å². The number of nitrogens with one attached hydrogen (secondary N) is 2. The molecule has 1 aliphatic heterocycles. The van der Waals surface area contributed by atoms with Crippen LogP contribution in [0.3, 0.4) is 0 Å². The number of anilines is 2. The van der Waals surface area contributed by atoms with Gasteiger partial charge in [-0.15, -0.1) is 0 Å². The molecule has 0 saturated heterocycles. The van der Waals surface area contributed by atoms with Crippen molar-refractivity contribution in [1.82, 2.24) is 0 Å². The van der Waals surface area contributed by atoms with Gasteiger partial charge >= 0.3 is 0 Å². The van der Waals surface area contributed by atoms with E-state index in [-0.39, 0.29) is 5.91 Å². The van der Waals surface area contributed by atoms with Crippen LogP contribution in [0, 0.1) is 11.3 Å². The molecule has 0 atom stereocenters. The summed E-state index contributed by atoms with van der Waals surface area (Å²) in [5.74, 6) is -0.155. The second-order valence-electron chi connectivity index (χ2n) is 5.31. The van der Waals surface area contributed by atoms with E-state index in [0.29, 0.717) is 22.8 Å². The Morgan fingerprint density at radius 3 is 2.71 bits per heavy atom. The van der Waals surface area contributed by atoms with Crippen molar-refractivity contribution < 1.29 is 4.79 Å². The standard InChI is InChI=1S/C18H14N4OS/c1-11(23)21-15-4-2-3-14-17(20-10-16(24)22-18(14)15)13-7-5-12(9-19)6-8-13/h2-8H,10H2,1H3,(H,21,23)(H,22,24). The van der Waals surface area contributed by atoms with E-state index >= 15 is 0 Å². The first-order valence-corrected chi connectivity index (χ1v) is 7.75. The summed E-state index contributed by atoms with van der Waals surface area (Å²) in [5.41, 5.74) is 4.50. The molecule has 24 heavy (non-hydrogen) atoms. The Hall–Kier alpha value is -3.04. The van der Waals surface area contributed by atoms with Gasteiger partial charge in [-0.3, -0.25) is 9.79 Å². The number of nitrogens with zero attached hydrogens (tertiary/aromatic N) is 2. The van der Waals surface area contributed by atoms with Crippen molar-refractivity contribution in [3.8, 4) is 6.07 Å². The highest BCUT2D eigenvalue weighted by Gasteiger charge is 2.19. The Morgan fingerprint density at radius 1 is 1.29 bits per heavy atom. The Morgan fingerprint density at radius 2 is 2.04 bits per heavy atom. The van der Waals surface area contributed by atoms with Gasteiger partial charge in [-0.2, -0.15) is 5.26 Å². The molecule has 0 bridgehead atoms. The molecule has 0 aromatic heterocycles. The average molecular weight is 334 g/mol. The number of amides is 1. The maximum absolute atomic E-state index is 11.5. The van der Waals surface area contributed by atoms with Gasteiger partial charge in [-0.05, 0) is 18.2 Å². The van der Waals surface area contributed by atoms with Crippen LogP contribution < -0.4 is 10.6 Å². The predicted molar refractivity (Wildman–Crippen MR) is 98.6 cm³/mol. The highest BCUT2D eigenvalue weighted by molar-refractivity contribution is 7.80. The number of hydrogen-bond donors (Lipinski definition) is 2. The number of para-hydroxylation sites is 1. The molecule has 6 heteroatoms. The molecule has 0 radical (unpaired) electrons. The lowest BCUT2D eigenvalue weighted by Gasteiger charge is -2.15. The summed E-state index contributed by atoms with van der Waals surface area (Å²) in [6, 6.07) is 14.9. The van der Waals surface area contributed by atoms with Crippen LogP contribution in [0.1, 0.15) is 23.6 Å². The molecule has 0 spiro atoms.